The Morgan fingerprint density at radius 1 is 1.28 bits per heavy atom. The smallest absolute Gasteiger partial charge is 0.276 e. The molecule has 9 heteroatoms. The quantitative estimate of drug-likeness (QED) is 0.423. The topological polar surface area (TPSA) is 122 Å². The summed E-state index contributed by atoms with van der Waals surface area (Å²) in [6, 6.07) is 8.80. The average Bonchev–Trinajstić information content (AvgIpc) is 3.37. The molecule has 0 fully saturated rings. The fourth-order valence-corrected chi connectivity index (χ4v) is 3.61. The number of ether oxygens (including phenoxy) is 1. The number of carbonyl (C=O) groups is 2. The SMILES string of the molecule is COc1ccc(NC(=O)c2n[nH]c(-c3cccs3)c2C)cc1C(=O)NCCCN. The van der Waals surface area contributed by atoms with Gasteiger partial charge < -0.3 is 21.1 Å². The van der Waals surface area contributed by atoms with Gasteiger partial charge in [0.25, 0.3) is 11.8 Å². The molecule has 0 atom stereocenters. The van der Waals surface area contributed by atoms with Crippen LogP contribution in [0, 0.1) is 6.92 Å². The second-order valence-electron chi connectivity index (χ2n) is 6.32. The first kappa shape index (κ1) is 20.6. The summed E-state index contributed by atoms with van der Waals surface area (Å²) in [5, 5.41) is 14.6. The summed E-state index contributed by atoms with van der Waals surface area (Å²) >= 11 is 1.57. The van der Waals surface area contributed by atoms with E-state index in [1.807, 2.05) is 24.4 Å². The van der Waals surface area contributed by atoms with Gasteiger partial charge in [0.1, 0.15) is 5.75 Å². The predicted octanol–water partition coefficient (Wildman–Crippen LogP) is 2.79. The number of thiophene rings is 1. The molecule has 8 nitrogen and oxygen atoms in total. The molecule has 0 saturated heterocycles. The first-order valence-electron chi connectivity index (χ1n) is 9.11. The molecule has 152 valence electrons. The Morgan fingerprint density at radius 3 is 2.79 bits per heavy atom. The van der Waals surface area contributed by atoms with Gasteiger partial charge in [-0.3, -0.25) is 14.7 Å². The highest BCUT2D eigenvalue weighted by atomic mass is 32.1. The zero-order valence-corrected chi connectivity index (χ0v) is 17.1. The maximum absolute atomic E-state index is 12.7. The number of anilines is 1. The van der Waals surface area contributed by atoms with Crippen LogP contribution in [0.5, 0.6) is 5.75 Å². The van der Waals surface area contributed by atoms with Crippen molar-refractivity contribution >= 4 is 28.8 Å². The molecule has 2 heterocycles. The summed E-state index contributed by atoms with van der Waals surface area (Å²) in [6.07, 6.45) is 0.676. The second-order valence-corrected chi connectivity index (χ2v) is 7.26. The molecule has 29 heavy (non-hydrogen) atoms. The fourth-order valence-electron chi connectivity index (χ4n) is 2.83. The third kappa shape index (κ3) is 4.64. The molecule has 0 aliphatic carbocycles. The van der Waals surface area contributed by atoms with E-state index in [2.05, 4.69) is 20.8 Å². The zero-order chi connectivity index (χ0) is 20.8. The summed E-state index contributed by atoms with van der Waals surface area (Å²) in [5.41, 5.74) is 8.15. The number of aromatic nitrogens is 2. The molecule has 1 aromatic carbocycles. The molecule has 0 radical (unpaired) electrons. The highest BCUT2D eigenvalue weighted by Crippen LogP contribution is 2.28. The lowest BCUT2D eigenvalue weighted by Crippen LogP contribution is -2.26. The Balaban J connectivity index is 1.79. The summed E-state index contributed by atoms with van der Waals surface area (Å²) < 4.78 is 5.27. The molecule has 0 bridgehead atoms. The number of benzene rings is 1. The number of aromatic amines is 1. The molecule has 0 unspecified atom stereocenters. The molecule has 0 aliphatic rings. The number of amides is 2. The van der Waals surface area contributed by atoms with Crippen LogP contribution >= 0.6 is 11.3 Å². The van der Waals surface area contributed by atoms with Crippen LogP contribution in [-0.2, 0) is 0 Å². The van der Waals surface area contributed by atoms with E-state index in [1.54, 1.807) is 29.5 Å². The largest absolute Gasteiger partial charge is 0.496 e. The summed E-state index contributed by atoms with van der Waals surface area (Å²) in [5.74, 6) is -0.229. The molecule has 0 saturated carbocycles. The van der Waals surface area contributed by atoms with E-state index in [1.165, 1.54) is 7.11 Å². The van der Waals surface area contributed by atoms with E-state index < -0.39 is 0 Å². The van der Waals surface area contributed by atoms with Gasteiger partial charge in [-0.05, 0) is 49.5 Å². The van der Waals surface area contributed by atoms with Crippen molar-refractivity contribution in [3.8, 4) is 16.3 Å². The Hall–Kier alpha value is -3.17. The standard InChI is InChI=1S/C20H23N5O3S/c1-12-17(16-5-3-10-29-16)24-25-18(12)20(27)23-13-6-7-15(28-2)14(11-13)19(26)22-9-4-8-21/h3,5-7,10-11H,4,8-9,21H2,1-2H3,(H,22,26)(H,23,27)(H,24,25). The normalized spacial score (nSPS) is 10.6. The summed E-state index contributed by atoms with van der Waals surface area (Å²) in [4.78, 5) is 26.2. The Labute approximate surface area is 172 Å². The van der Waals surface area contributed by atoms with Crippen molar-refractivity contribution < 1.29 is 14.3 Å². The monoisotopic (exact) mass is 413 g/mol. The molecule has 3 aromatic rings. The van der Waals surface area contributed by atoms with Crippen molar-refractivity contribution in [2.45, 2.75) is 13.3 Å². The Kier molecular flexibility index (Phi) is 6.63. The van der Waals surface area contributed by atoms with Gasteiger partial charge in [-0.2, -0.15) is 5.10 Å². The number of H-pyrrole nitrogens is 1. The average molecular weight is 414 g/mol. The minimum absolute atomic E-state index is 0.290. The van der Waals surface area contributed by atoms with E-state index in [0.717, 1.165) is 16.1 Å². The lowest BCUT2D eigenvalue weighted by molar-refractivity contribution is 0.0949. The van der Waals surface area contributed by atoms with E-state index >= 15 is 0 Å². The number of hydrogen-bond acceptors (Lipinski definition) is 6. The maximum Gasteiger partial charge on any atom is 0.276 e. The minimum atomic E-state index is -0.360. The first-order chi connectivity index (χ1) is 14.0. The Bertz CT molecular complexity index is 998. The molecule has 5 N–H and O–H groups in total. The molecular formula is C20H23N5O3S. The van der Waals surface area contributed by atoms with Gasteiger partial charge in [0, 0.05) is 17.8 Å². The van der Waals surface area contributed by atoms with Crippen molar-refractivity contribution in [1.82, 2.24) is 15.5 Å². The number of nitrogens with one attached hydrogen (secondary N) is 3. The minimum Gasteiger partial charge on any atom is -0.496 e. The van der Waals surface area contributed by atoms with Gasteiger partial charge in [0.2, 0.25) is 0 Å². The maximum atomic E-state index is 12.7. The van der Waals surface area contributed by atoms with Crippen LogP contribution in [0.1, 0.15) is 32.8 Å². The lowest BCUT2D eigenvalue weighted by atomic mass is 10.1. The number of rotatable bonds is 8. The molecule has 2 aromatic heterocycles. The van der Waals surface area contributed by atoms with E-state index in [0.29, 0.717) is 42.2 Å². The highest BCUT2D eigenvalue weighted by Gasteiger charge is 2.19. The fraction of sp³-hybridized carbons (Fsp3) is 0.250. The van der Waals surface area contributed by atoms with Crippen molar-refractivity contribution in [1.29, 1.82) is 0 Å². The highest BCUT2D eigenvalue weighted by molar-refractivity contribution is 7.13. The third-order valence-electron chi connectivity index (χ3n) is 4.36. The predicted molar refractivity (Wildman–Crippen MR) is 114 cm³/mol. The molecule has 0 spiro atoms. The van der Waals surface area contributed by atoms with E-state index in [9.17, 15) is 9.59 Å². The van der Waals surface area contributed by atoms with Crippen molar-refractivity contribution in [3.63, 3.8) is 0 Å². The van der Waals surface area contributed by atoms with Gasteiger partial charge in [-0.15, -0.1) is 11.3 Å². The van der Waals surface area contributed by atoms with Crippen LogP contribution in [0.2, 0.25) is 0 Å². The van der Waals surface area contributed by atoms with Crippen molar-refractivity contribution in [2.75, 3.05) is 25.5 Å². The summed E-state index contributed by atoms with van der Waals surface area (Å²) in [6.45, 7) is 2.80. The van der Waals surface area contributed by atoms with Crippen LogP contribution in [0.25, 0.3) is 10.6 Å². The molecule has 3 rings (SSSR count). The van der Waals surface area contributed by atoms with Crippen molar-refractivity contribution in [3.05, 3.63) is 52.5 Å². The van der Waals surface area contributed by atoms with Crippen LogP contribution < -0.4 is 21.1 Å². The van der Waals surface area contributed by atoms with Crippen LogP contribution in [0.3, 0.4) is 0 Å². The number of carbonyl (C=O) groups excluding carboxylic acids is 2. The van der Waals surface area contributed by atoms with E-state index in [-0.39, 0.29) is 11.8 Å². The van der Waals surface area contributed by atoms with Gasteiger partial charge in [-0.25, -0.2) is 0 Å². The number of nitrogens with zero attached hydrogens (tertiary/aromatic N) is 1. The molecule has 0 aliphatic heterocycles. The van der Waals surface area contributed by atoms with Gasteiger partial charge >= 0.3 is 0 Å². The zero-order valence-electron chi connectivity index (χ0n) is 16.2. The lowest BCUT2D eigenvalue weighted by Gasteiger charge is -2.12. The van der Waals surface area contributed by atoms with Crippen LogP contribution in [0.4, 0.5) is 5.69 Å². The number of methoxy groups -OCH3 is 1. The van der Waals surface area contributed by atoms with Gasteiger partial charge in [0.15, 0.2) is 5.69 Å². The van der Waals surface area contributed by atoms with E-state index in [4.69, 9.17) is 10.5 Å². The van der Waals surface area contributed by atoms with Gasteiger partial charge in [-0.1, -0.05) is 6.07 Å². The summed E-state index contributed by atoms with van der Waals surface area (Å²) in [7, 11) is 1.49. The molecule has 2 amide bonds. The number of nitrogens with two attached hydrogens (primary N) is 1. The van der Waals surface area contributed by atoms with Crippen LogP contribution in [0.15, 0.2) is 35.7 Å². The van der Waals surface area contributed by atoms with Crippen molar-refractivity contribution in [2.24, 2.45) is 5.73 Å². The Morgan fingerprint density at radius 2 is 2.10 bits per heavy atom. The third-order valence-corrected chi connectivity index (χ3v) is 5.25. The van der Waals surface area contributed by atoms with Gasteiger partial charge in [0.05, 0.1) is 23.2 Å². The molecular weight excluding hydrogens is 390 g/mol. The first-order valence-corrected chi connectivity index (χ1v) is 9.99. The second kappa shape index (κ2) is 9.35. The number of hydrogen-bond donors (Lipinski definition) is 4. The van der Waals surface area contributed by atoms with Crippen LogP contribution in [-0.4, -0.2) is 42.2 Å².